The van der Waals surface area contributed by atoms with Crippen LogP contribution in [-0.4, -0.2) is 24.8 Å². The summed E-state index contributed by atoms with van der Waals surface area (Å²) in [5.74, 6) is 0.103. The minimum atomic E-state index is -0.437. The summed E-state index contributed by atoms with van der Waals surface area (Å²) in [6.07, 6.45) is 0. The maximum Gasteiger partial charge on any atom is 0.343 e. The van der Waals surface area contributed by atoms with Crippen molar-refractivity contribution in [2.24, 2.45) is 0 Å². The number of aliphatic hydroxyl groups excluding tert-OH is 1. The fraction of sp³-hybridized carbons (Fsp3) is 0.300. The Balaban J connectivity index is 2.66. The molecule has 0 aliphatic rings. The van der Waals surface area contributed by atoms with E-state index in [2.05, 4.69) is 20.7 Å². The SMILES string of the molecule is COC(=O)COc1ccc(CO)cc1Br. The Morgan fingerprint density at radius 3 is 2.80 bits per heavy atom. The van der Waals surface area contributed by atoms with Crippen molar-refractivity contribution in [3.05, 3.63) is 28.2 Å². The van der Waals surface area contributed by atoms with Gasteiger partial charge in [0.15, 0.2) is 6.61 Å². The third kappa shape index (κ3) is 3.53. The van der Waals surface area contributed by atoms with Crippen LogP contribution in [0.2, 0.25) is 0 Å². The first kappa shape index (κ1) is 12.0. The number of ether oxygens (including phenoxy) is 2. The minimum Gasteiger partial charge on any atom is -0.481 e. The number of carbonyl (C=O) groups is 1. The first-order valence-corrected chi connectivity index (χ1v) is 5.05. The highest BCUT2D eigenvalue weighted by atomic mass is 79.9. The molecule has 1 aromatic carbocycles. The summed E-state index contributed by atoms with van der Waals surface area (Å²) in [4.78, 5) is 10.8. The predicted octanol–water partition coefficient (Wildman–Crippen LogP) is 1.49. The second-order valence-corrected chi connectivity index (χ2v) is 3.64. The molecule has 1 aromatic rings. The van der Waals surface area contributed by atoms with Gasteiger partial charge in [0.2, 0.25) is 0 Å². The van der Waals surface area contributed by atoms with Crippen molar-refractivity contribution in [3.63, 3.8) is 0 Å². The lowest BCUT2D eigenvalue weighted by molar-refractivity contribution is -0.142. The molecule has 4 nitrogen and oxygen atoms in total. The molecule has 0 radical (unpaired) electrons. The summed E-state index contributed by atoms with van der Waals surface area (Å²) in [5, 5.41) is 8.87. The monoisotopic (exact) mass is 274 g/mol. The van der Waals surface area contributed by atoms with Gasteiger partial charge >= 0.3 is 5.97 Å². The molecule has 0 aromatic heterocycles. The van der Waals surface area contributed by atoms with Crippen LogP contribution in [0, 0.1) is 0 Å². The van der Waals surface area contributed by atoms with Crippen molar-refractivity contribution >= 4 is 21.9 Å². The normalized spacial score (nSPS) is 9.80. The second-order valence-electron chi connectivity index (χ2n) is 2.79. The predicted molar refractivity (Wildman–Crippen MR) is 57.6 cm³/mol. The van der Waals surface area contributed by atoms with E-state index in [4.69, 9.17) is 9.84 Å². The van der Waals surface area contributed by atoms with Gasteiger partial charge in [-0.3, -0.25) is 0 Å². The zero-order valence-corrected chi connectivity index (χ0v) is 9.78. The topological polar surface area (TPSA) is 55.8 Å². The van der Waals surface area contributed by atoms with E-state index in [0.29, 0.717) is 10.2 Å². The highest BCUT2D eigenvalue weighted by Crippen LogP contribution is 2.25. The molecule has 0 saturated carbocycles. The molecule has 15 heavy (non-hydrogen) atoms. The molecule has 0 saturated heterocycles. The van der Waals surface area contributed by atoms with E-state index in [1.165, 1.54) is 7.11 Å². The molecule has 5 heteroatoms. The van der Waals surface area contributed by atoms with Gasteiger partial charge in [-0.2, -0.15) is 0 Å². The van der Waals surface area contributed by atoms with E-state index in [1.807, 2.05) is 0 Å². The van der Waals surface area contributed by atoms with Gasteiger partial charge in [-0.1, -0.05) is 6.07 Å². The molecule has 0 fully saturated rings. The van der Waals surface area contributed by atoms with Crippen LogP contribution in [0.4, 0.5) is 0 Å². The van der Waals surface area contributed by atoms with Gasteiger partial charge in [-0.25, -0.2) is 4.79 Å². The summed E-state index contributed by atoms with van der Waals surface area (Å²) in [6.45, 7) is -0.163. The Morgan fingerprint density at radius 1 is 1.53 bits per heavy atom. The van der Waals surface area contributed by atoms with Crippen molar-refractivity contribution in [2.45, 2.75) is 6.61 Å². The number of carbonyl (C=O) groups excluding carboxylic acids is 1. The first-order chi connectivity index (χ1) is 7.17. The highest BCUT2D eigenvalue weighted by Gasteiger charge is 2.05. The molecular weight excluding hydrogens is 264 g/mol. The van der Waals surface area contributed by atoms with Crippen LogP contribution >= 0.6 is 15.9 Å². The van der Waals surface area contributed by atoms with Crippen LogP contribution in [0.15, 0.2) is 22.7 Å². The van der Waals surface area contributed by atoms with Gasteiger partial charge in [0.25, 0.3) is 0 Å². The molecule has 0 amide bonds. The molecule has 0 unspecified atom stereocenters. The van der Waals surface area contributed by atoms with Crippen molar-refractivity contribution < 1.29 is 19.4 Å². The van der Waals surface area contributed by atoms with Crippen molar-refractivity contribution in [1.29, 1.82) is 0 Å². The number of methoxy groups -OCH3 is 1. The van der Waals surface area contributed by atoms with Crippen molar-refractivity contribution in [3.8, 4) is 5.75 Å². The Labute approximate surface area is 95.9 Å². The summed E-state index contributed by atoms with van der Waals surface area (Å²) in [7, 11) is 1.30. The Bertz CT molecular complexity index is 351. The lowest BCUT2D eigenvalue weighted by Crippen LogP contribution is -2.12. The number of halogens is 1. The lowest BCUT2D eigenvalue weighted by atomic mass is 10.2. The van der Waals surface area contributed by atoms with Crippen molar-refractivity contribution in [2.75, 3.05) is 13.7 Å². The number of rotatable bonds is 4. The molecule has 0 heterocycles. The smallest absolute Gasteiger partial charge is 0.343 e. The van der Waals surface area contributed by atoms with Crippen LogP contribution in [0.1, 0.15) is 5.56 Å². The zero-order valence-electron chi connectivity index (χ0n) is 8.20. The minimum absolute atomic E-state index is 0.0319. The second kappa shape index (κ2) is 5.72. The number of esters is 1. The van der Waals surface area contributed by atoms with Crippen LogP contribution in [0.25, 0.3) is 0 Å². The van der Waals surface area contributed by atoms with E-state index in [0.717, 1.165) is 5.56 Å². The maximum atomic E-state index is 10.8. The number of aliphatic hydroxyl groups is 1. The van der Waals surface area contributed by atoms with Crippen LogP contribution in [0.3, 0.4) is 0 Å². The molecular formula is C10H11BrO4. The molecule has 0 spiro atoms. The van der Waals surface area contributed by atoms with Crippen molar-refractivity contribution in [1.82, 2.24) is 0 Å². The molecule has 1 rings (SSSR count). The zero-order chi connectivity index (χ0) is 11.3. The van der Waals surface area contributed by atoms with Gasteiger partial charge in [0.05, 0.1) is 18.2 Å². The highest BCUT2D eigenvalue weighted by molar-refractivity contribution is 9.10. The largest absolute Gasteiger partial charge is 0.481 e. The van der Waals surface area contributed by atoms with Crippen LogP contribution < -0.4 is 4.74 Å². The van der Waals surface area contributed by atoms with Gasteiger partial charge in [-0.05, 0) is 33.6 Å². The number of hydrogen-bond acceptors (Lipinski definition) is 4. The Hall–Kier alpha value is -1.07. The number of benzene rings is 1. The van der Waals surface area contributed by atoms with E-state index >= 15 is 0 Å². The fourth-order valence-corrected chi connectivity index (χ4v) is 1.50. The maximum absolute atomic E-state index is 10.8. The molecule has 82 valence electrons. The summed E-state index contributed by atoms with van der Waals surface area (Å²) in [5.41, 5.74) is 0.771. The standard InChI is InChI=1S/C10H11BrO4/c1-14-10(13)6-15-9-3-2-7(5-12)4-8(9)11/h2-4,12H,5-6H2,1H3. The average Bonchev–Trinajstić information content (AvgIpc) is 2.26. The number of hydrogen-bond donors (Lipinski definition) is 1. The van der Waals surface area contributed by atoms with E-state index < -0.39 is 5.97 Å². The molecule has 0 aliphatic carbocycles. The van der Waals surface area contributed by atoms with Gasteiger partial charge in [0, 0.05) is 0 Å². The third-order valence-corrected chi connectivity index (χ3v) is 2.37. The Morgan fingerprint density at radius 2 is 2.27 bits per heavy atom. The molecule has 0 atom stereocenters. The van der Waals surface area contributed by atoms with E-state index in [1.54, 1.807) is 18.2 Å². The third-order valence-electron chi connectivity index (χ3n) is 1.75. The lowest BCUT2D eigenvalue weighted by Gasteiger charge is -2.07. The quantitative estimate of drug-likeness (QED) is 0.846. The van der Waals surface area contributed by atoms with E-state index in [-0.39, 0.29) is 13.2 Å². The van der Waals surface area contributed by atoms with Crippen LogP contribution in [-0.2, 0) is 16.1 Å². The molecule has 0 bridgehead atoms. The van der Waals surface area contributed by atoms with Gasteiger partial charge < -0.3 is 14.6 Å². The summed E-state index contributed by atoms with van der Waals surface area (Å²) in [6, 6.07) is 5.13. The fourth-order valence-electron chi connectivity index (χ4n) is 0.955. The van der Waals surface area contributed by atoms with E-state index in [9.17, 15) is 4.79 Å². The van der Waals surface area contributed by atoms with Gasteiger partial charge in [-0.15, -0.1) is 0 Å². The molecule has 1 N–H and O–H groups in total. The first-order valence-electron chi connectivity index (χ1n) is 4.26. The average molecular weight is 275 g/mol. The van der Waals surface area contributed by atoms with Gasteiger partial charge in [0.1, 0.15) is 5.75 Å². The summed E-state index contributed by atoms with van der Waals surface area (Å²) >= 11 is 3.27. The Kier molecular flexibility index (Phi) is 4.58. The molecule has 0 aliphatic heterocycles. The summed E-state index contributed by atoms with van der Waals surface area (Å²) < 4.78 is 10.3. The van der Waals surface area contributed by atoms with Crippen LogP contribution in [0.5, 0.6) is 5.75 Å².